The topological polar surface area (TPSA) is 72.5 Å². The van der Waals surface area contributed by atoms with E-state index in [4.69, 9.17) is 9.47 Å². The van der Waals surface area contributed by atoms with Crippen molar-refractivity contribution in [1.29, 1.82) is 0 Å². The lowest BCUT2D eigenvalue weighted by Gasteiger charge is -2.19. The maximum atomic E-state index is 13.7. The number of halogens is 1. The molecule has 0 spiro atoms. The van der Waals surface area contributed by atoms with Crippen LogP contribution in [0.1, 0.15) is 15.9 Å². The molecule has 0 unspecified atom stereocenters. The molecule has 29 heavy (non-hydrogen) atoms. The summed E-state index contributed by atoms with van der Waals surface area (Å²) in [5.74, 6) is 1.40. The molecule has 2 N–H and O–H groups in total. The number of ether oxygens (including phenoxy) is 2. The molecule has 1 amide bonds. The Morgan fingerprint density at radius 2 is 1.86 bits per heavy atom. The number of fused-ring (bicyclic) bond motifs is 1. The summed E-state index contributed by atoms with van der Waals surface area (Å²) >= 11 is 0. The van der Waals surface area contributed by atoms with Gasteiger partial charge in [-0.05, 0) is 42.3 Å². The van der Waals surface area contributed by atoms with Crippen LogP contribution in [0.15, 0.2) is 60.8 Å². The number of aromatic nitrogens is 1. The Bertz CT molecular complexity index is 1030. The van der Waals surface area contributed by atoms with Crippen molar-refractivity contribution in [3.63, 3.8) is 0 Å². The zero-order valence-electron chi connectivity index (χ0n) is 15.7. The summed E-state index contributed by atoms with van der Waals surface area (Å²) in [6.45, 7) is 1.39. The highest BCUT2D eigenvalue weighted by atomic mass is 19.1. The number of nitrogens with zero attached hydrogens (tertiary/aromatic N) is 1. The Balaban J connectivity index is 1.38. The van der Waals surface area contributed by atoms with Crippen LogP contribution in [0, 0.1) is 5.82 Å². The van der Waals surface area contributed by atoms with Gasteiger partial charge in [-0.1, -0.05) is 18.2 Å². The molecule has 0 saturated heterocycles. The van der Waals surface area contributed by atoms with Gasteiger partial charge < -0.3 is 20.1 Å². The second-order valence-electron chi connectivity index (χ2n) is 6.51. The van der Waals surface area contributed by atoms with Crippen molar-refractivity contribution in [2.75, 3.05) is 25.1 Å². The first-order valence-corrected chi connectivity index (χ1v) is 9.33. The molecule has 1 aromatic heterocycles. The molecule has 6 nitrogen and oxygen atoms in total. The highest BCUT2D eigenvalue weighted by molar-refractivity contribution is 5.94. The third kappa shape index (κ3) is 4.63. The van der Waals surface area contributed by atoms with E-state index in [1.54, 1.807) is 36.5 Å². The predicted octanol–water partition coefficient (Wildman–Crippen LogP) is 3.71. The van der Waals surface area contributed by atoms with Crippen LogP contribution in [0.25, 0.3) is 0 Å². The number of rotatable bonds is 6. The Morgan fingerprint density at radius 3 is 2.72 bits per heavy atom. The molecule has 7 heteroatoms. The lowest BCUT2D eigenvalue weighted by Crippen LogP contribution is -2.26. The van der Waals surface area contributed by atoms with Crippen LogP contribution in [0.4, 0.5) is 15.9 Å². The first-order valence-electron chi connectivity index (χ1n) is 9.33. The van der Waals surface area contributed by atoms with Crippen molar-refractivity contribution in [2.45, 2.75) is 6.42 Å². The summed E-state index contributed by atoms with van der Waals surface area (Å²) in [7, 11) is 0. The maximum absolute atomic E-state index is 13.7. The Hall–Kier alpha value is -3.61. The molecular weight excluding hydrogens is 373 g/mol. The quantitative estimate of drug-likeness (QED) is 0.668. The second kappa shape index (κ2) is 8.60. The van der Waals surface area contributed by atoms with Gasteiger partial charge in [0.15, 0.2) is 11.5 Å². The van der Waals surface area contributed by atoms with Crippen LogP contribution >= 0.6 is 0 Å². The maximum Gasteiger partial charge on any atom is 0.251 e. The molecule has 0 radical (unpaired) electrons. The van der Waals surface area contributed by atoms with Crippen molar-refractivity contribution >= 4 is 17.4 Å². The zero-order chi connectivity index (χ0) is 20.1. The minimum atomic E-state index is -0.267. The standard InChI is InChI=1S/C22H20FN3O3/c23-18-4-2-1-3-15(18)7-10-25-22(27)16-8-9-24-21(13-16)26-17-5-6-19-20(14-17)29-12-11-28-19/h1-6,8-9,13-14H,7,10-12H2,(H,24,26)(H,25,27). The summed E-state index contributed by atoms with van der Waals surface area (Å²) in [6.07, 6.45) is 1.98. The van der Waals surface area contributed by atoms with E-state index in [0.717, 1.165) is 5.69 Å². The Kier molecular flexibility index (Phi) is 5.56. The van der Waals surface area contributed by atoms with Crippen LogP contribution in [-0.2, 0) is 6.42 Å². The van der Waals surface area contributed by atoms with Gasteiger partial charge in [0.2, 0.25) is 0 Å². The molecule has 3 aromatic rings. The number of pyridine rings is 1. The number of carbonyl (C=O) groups excluding carboxylic acids is 1. The largest absolute Gasteiger partial charge is 0.486 e. The number of amides is 1. The Labute approximate surface area is 167 Å². The summed E-state index contributed by atoms with van der Waals surface area (Å²) in [5, 5.41) is 5.97. The van der Waals surface area contributed by atoms with E-state index in [2.05, 4.69) is 15.6 Å². The van der Waals surface area contributed by atoms with Gasteiger partial charge in [0.1, 0.15) is 24.8 Å². The molecule has 4 rings (SSSR count). The number of anilines is 2. The molecule has 0 atom stereocenters. The molecule has 148 valence electrons. The van der Waals surface area contributed by atoms with Crippen molar-refractivity contribution in [1.82, 2.24) is 10.3 Å². The average Bonchev–Trinajstić information content (AvgIpc) is 2.75. The molecule has 2 aromatic carbocycles. The van der Waals surface area contributed by atoms with E-state index in [9.17, 15) is 9.18 Å². The SMILES string of the molecule is O=C(NCCc1ccccc1F)c1ccnc(Nc2ccc3c(c2)OCCO3)c1. The highest BCUT2D eigenvalue weighted by Crippen LogP contribution is 2.33. The first-order chi connectivity index (χ1) is 14.2. The normalized spacial score (nSPS) is 12.3. The first kappa shape index (κ1) is 18.7. The predicted molar refractivity (Wildman–Crippen MR) is 107 cm³/mol. The van der Waals surface area contributed by atoms with Crippen molar-refractivity contribution in [2.24, 2.45) is 0 Å². The van der Waals surface area contributed by atoms with Crippen molar-refractivity contribution in [3.05, 3.63) is 77.7 Å². The van der Waals surface area contributed by atoms with Gasteiger partial charge in [0, 0.05) is 30.1 Å². The molecule has 0 bridgehead atoms. The number of hydrogen-bond acceptors (Lipinski definition) is 5. The fraction of sp³-hybridized carbons (Fsp3) is 0.182. The van der Waals surface area contributed by atoms with Gasteiger partial charge in [0.05, 0.1) is 0 Å². The monoisotopic (exact) mass is 393 g/mol. The third-order valence-electron chi connectivity index (χ3n) is 4.47. The summed E-state index contributed by atoms with van der Waals surface area (Å²) in [5.41, 5.74) is 1.82. The van der Waals surface area contributed by atoms with Crippen LogP contribution in [-0.4, -0.2) is 30.6 Å². The Morgan fingerprint density at radius 1 is 1.03 bits per heavy atom. The fourth-order valence-corrected chi connectivity index (χ4v) is 3.02. The summed E-state index contributed by atoms with van der Waals surface area (Å²) in [4.78, 5) is 16.7. The van der Waals surface area contributed by atoms with E-state index in [0.29, 0.717) is 54.6 Å². The van der Waals surface area contributed by atoms with Gasteiger partial charge in [-0.25, -0.2) is 9.37 Å². The zero-order valence-corrected chi connectivity index (χ0v) is 15.7. The molecule has 2 heterocycles. The van der Waals surface area contributed by atoms with Crippen molar-refractivity contribution < 1.29 is 18.7 Å². The molecule has 0 fully saturated rings. The fourth-order valence-electron chi connectivity index (χ4n) is 3.02. The van der Waals surface area contributed by atoms with E-state index >= 15 is 0 Å². The van der Waals surface area contributed by atoms with E-state index in [-0.39, 0.29) is 11.7 Å². The van der Waals surface area contributed by atoms with Crippen molar-refractivity contribution in [3.8, 4) is 11.5 Å². The number of nitrogens with one attached hydrogen (secondary N) is 2. The smallest absolute Gasteiger partial charge is 0.251 e. The van der Waals surface area contributed by atoms with E-state index < -0.39 is 0 Å². The van der Waals surface area contributed by atoms with Gasteiger partial charge in [-0.2, -0.15) is 0 Å². The summed E-state index contributed by atoms with van der Waals surface area (Å²) in [6, 6.07) is 15.4. The van der Waals surface area contributed by atoms with Crippen LogP contribution in [0.3, 0.4) is 0 Å². The van der Waals surface area contributed by atoms with Gasteiger partial charge in [-0.15, -0.1) is 0 Å². The molecule has 0 aliphatic carbocycles. The number of carbonyl (C=O) groups is 1. The van der Waals surface area contributed by atoms with E-state index in [1.807, 2.05) is 18.2 Å². The second-order valence-corrected chi connectivity index (χ2v) is 6.51. The van der Waals surface area contributed by atoms with Crippen LogP contribution in [0.5, 0.6) is 11.5 Å². The highest BCUT2D eigenvalue weighted by Gasteiger charge is 2.12. The molecule has 0 saturated carbocycles. The van der Waals surface area contributed by atoms with Crippen LogP contribution < -0.4 is 20.1 Å². The molecule has 1 aliphatic rings. The van der Waals surface area contributed by atoms with Gasteiger partial charge in [0.25, 0.3) is 5.91 Å². The van der Waals surface area contributed by atoms with Gasteiger partial charge in [-0.3, -0.25) is 4.79 Å². The lowest BCUT2D eigenvalue weighted by molar-refractivity contribution is 0.0954. The lowest BCUT2D eigenvalue weighted by atomic mass is 10.1. The van der Waals surface area contributed by atoms with Gasteiger partial charge >= 0.3 is 0 Å². The number of benzene rings is 2. The minimum absolute atomic E-state index is 0.242. The average molecular weight is 393 g/mol. The third-order valence-corrected chi connectivity index (χ3v) is 4.47. The summed E-state index contributed by atoms with van der Waals surface area (Å²) < 4.78 is 24.7. The minimum Gasteiger partial charge on any atom is -0.486 e. The molecular formula is C22H20FN3O3. The van der Waals surface area contributed by atoms with E-state index in [1.165, 1.54) is 6.07 Å². The van der Waals surface area contributed by atoms with Crippen LogP contribution in [0.2, 0.25) is 0 Å². The molecule has 1 aliphatic heterocycles. The number of hydrogen-bond donors (Lipinski definition) is 2.